The molecule has 1 nitrogen and oxygen atoms in total. The molecule has 2 aromatic carbocycles. The van der Waals surface area contributed by atoms with Crippen molar-refractivity contribution in [2.45, 2.75) is 24.9 Å². The summed E-state index contributed by atoms with van der Waals surface area (Å²) >= 11 is 0. The fraction of sp³-hybridized carbons (Fsp3) is 0.294. The molecule has 0 heterocycles. The summed E-state index contributed by atoms with van der Waals surface area (Å²) in [5.41, 5.74) is 0.735. The van der Waals surface area contributed by atoms with E-state index in [1.165, 1.54) is 0 Å². The minimum Gasteiger partial charge on any atom is -0.385 e. The molecule has 2 atom stereocenters. The molecule has 0 bridgehead atoms. The van der Waals surface area contributed by atoms with Crippen LogP contribution in [0.4, 0.5) is 4.39 Å². The molecule has 0 saturated carbocycles. The van der Waals surface area contributed by atoms with Crippen LogP contribution in [-0.4, -0.2) is 11.8 Å². The van der Waals surface area contributed by atoms with Gasteiger partial charge >= 0.3 is 0 Å². The van der Waals surface area contributed by atoms with Gasteiger partial charge in [0.05, 0.1) is 12.3 Å². The number of halogens is 1. The second-order valence-corrected chi connectivity index (χ2v) is 5.11. The maximum atomic E-state index is 13.3. The first-order valence-corrected chi connectivity index (χ1v) is 6.52. The second kappa shape index (κ2) is 5.98. The van der Waals surface area contributed by atoms with Crippen molar-refractivity contribution in [2.75, 3.05) is 6.67 Å². The maximum Gasteiger partial charge on any atom is 0.0964 e. The van der Waals surface area contributed by atoms with E-state index in [1.54, 1.807) is 6.92 Å². The molecule has 1 N–H and O–H groups in total. The van der Waals surface area contributed by atoms with E-state index in [1.807, 2.05) is 60.7 Å². The largest absolute Gasteiger partial charge is 0.385 e. The highest BCUT2D eigenvalue weighted by Gasteiger charge is 2.28. The van der Waals surface area contributed by atoms with Crippen molar-refractivity contribution in [3.63, 3.8) is 0 Å². The molecule has 2 heteroatoms. The SMILES string of the molecule is C[C@](O)(C[C@H](CF)c1ccccc1)c1ccccc1. The van der Waals surface area contributed by atoms with Crippen LogP contribution >= 0.6 is 0 Å². The van der Waals surface area contributed by atoms with Crippen molar-refractivity contribution in [3.8, 4) is 0 Å². The van der Waals surface area contributed by atoms with Crippen molar-refractivity contribution in [3.05, 3.63) is 71.8 Å². The van der Waals surface area contributed by atoms with E-state index >= 15 is 0 Å². The normalized spacial score (nSPS) is 15.7. The van der Waals surface area contributed by atoms with Gasteiger partial charge < -0.3 is 5.11 Å². The lowest BCUT2D eigenvalue weighted by molar-refractivity contribution is 0.0371. The molecular formula is C17H19FO. The first-order valence-electron chi connectivity index (χ1n) is 6.52. The van der Waals surface area contributed by atoms with Gasteiger partial charge in [0.25, 0.3) is 0 Å². The van der Waals surface area contributed by atoms with E-state index in [9.17, 15) is 9.50 Å². The lowest BCUT2D eigenvalue weighted by Gasteiger charge is -2.28. The second-order valence-electron chi connectivity index (χ2n) is 5.11. The van der Waals surface area contributed by atoms with Crippen molar-refractivity contribution in [1.82, 2.24) is 0 Å². The third-order valence-electron chi connectivity index (χ3n) is 3.50. The summed E-state index contributed by atoms with van der Waals surface area (Å²) < 4.78 is 13.3. The van der Waals surface area contributed by atoms with E-state index in [-0.39, 0.29) is 5.92 Å². The van der Waals surface area contributed by atoms with Gasteiger partial charge in [-0.3, -0.25) is 4.39 Å². The summed E-state index contributed by atoms with van der Waals surface area (Å²) in [6.07, 6.45) is 0.373. The van der Waals surface area contributed by atoms with E-state index < -0.39 is 12.3 Å². The Kier molecular flexibility index (Phi) is 4.33. The topological polar surface area (TPSA) is 20.2 Å². The van der Waals surface area contributed by atoms with Crippen LogP contribution in [0.1, 0.15) is 30.4 Å². The number of rotatable bonds is 5. The third kappa shape index (κ3) is 3.42. The Bertz CT molecular complexity index is 493. The first kappa shape index (κ1) is 13.8. The quantitative estimate of drug-likeness (QED) is 0.858. The van der Waals surface area contributed by atoms with Crippen molar-refractivity contribution >= 4 is 0 Å². The van der Waals surface area contributed by atoms with Gasteiger partial charge in [-0.2, -0.15) is 0 Å². The zero-order valence-electron chi connectivity index (χ0n) is 11.1. The Hall–Kier alpha value is -1.67. The Morgan fingerprint density at radius 2 is 1.53 bits per heavy atom. The van der Waals surface area contributed by atoms with Gasteiger partial charge in [0.15, 0.2) is 0 Å². The van der Waals surface area contributed by atoms with E-state index in [0.29, 0.717) is 6.42 Å². The molecule has 100 valence electrons. The van der Waals surface area contributed by atoms with E-state index in [4.69, 9.17) is 0 Å². The van der Waals surface area contributed by atoms with Gasteiger partial charge in [-0.05, 0) is 24.5 Å². The van der Waals surface area contributed by atoms with Crippen LogP contribution in [0.3, 0.4) is 0 Å². The molecule has 19 heavy (non-hydrogen) atoms. The van der Waals surface area contributed by atoms with Crippen LogP contribution < -0.4 is 0 Å². The lowest BCUT2D eigenvalue weighted by Crippen LogP contribution is -2.25. The van der Waals surface area contributed by atoms with Crippen LogP contribution in [0.2, 0.25) is 0 Å². The van der Waals surface area contributed by atoms with E-state index in [0.717, 1.165) is 11.1 Å². The summed E-state index contributed by atoms with van der Waals surface area (Å²) in [7, 11) is 0. The minimum absolute atomic E-state index is 0.281. The average molecular weight is 258 g/mol. The summed E-state index contributed by atoms with van der Waals surface area (Å²) in [5, 5.41) is 10.6. The fourth-order valence-electron chi connectivity index (χ4n) is 2.38. The highest BCUT2D eigenvalue weighted by molar-refractivity contribution is 5.25. The molecular weight excluding hydrogens is 239 g/mol. The number of hydrogen-bond donors (Lipinski definition) is 1. The summed E-state index contributed by atoms with van der Waals surface area (Å²) in [6, 6.07) is 19.0. The Morgan fingerprint density at radius 3 is 2.05 bits per heavy atom. The van der Waals surface area contributed by atoms with Gasteiger partial charge in [0.2, 0.25) is 0 Å². The maximum absolute atomic E-state index is 13.3. The Labute approximate surface area is 113 Å². The zero-order valence-corrected chi connectivity index (χ0v) is 11.1. The molecule has 0 aliphatic rings. The van der Waals surface area contributed by atoms with Gasteiger partial charge in [-0.15, -0.1) is 0 Å². The average Bonchev–Trinajstić information content (AvgIpc) is 2.47. The van der Waals surface area contributed by atoms with Crippen LogP contribution in [0.5, 0.6) is 0 Å². The summed E-state index contributed by atoms with van der Waals surface area (Å²) in [4.78, 5) is 0. The predicted molar refractivity (Wildman–Crippen MR) is 75.8 cm³/mol. The monoisotopic (exact) mass is 258 g/mol. The smallest absolute Gasteiger partial charge is 0.0964 e. The molecule has 0 amide bonds. The van der Waals surface area contributed by atoms with Crippen LogP contribution in [0.25, 0.3) is 0 Å². The molecule has 2 aromatic rings. The first-order chi connectivity index (χ1) is 9.13. The van der Waals surface area contributed by atoms with Crippen LogP contribution in [-0.2, 0) is 5.60 Å². The molecule has 0 saturated heterocycles. The summed E-state index contributed by atoms with van der Waals surface area (Å²) in [6.45, 7) is 1.28. The minimum atomic E-state index is -1.02. The third-order valence-corrected chi connectivity index (χ3v) is 3.50. The van der Waals surface area contributed by atoms with Crippen molar-refractivity contribution in [1.29, 1.82) is 0 Å². The van der Waals surface area contributed by atoms with Crippen LogP contribution in [0.15, 0.2) is 60.7 Å². The van der Waals surface area contributed by atoms with Gasteiger partial charge in [0, 0.05) is 5.92 Å². The number of hydrogen-bond acceptors (Lipinski definition) is 1. The molecule has 0 spiro atoms. The number of benzene rings is 2. The molecule has 0 radical (unpaired) electrons. The lowest BCUT2D eigenvalue weighted by atomic mass is 9.83. The van der Waals surface area contributed by atoms with Crippen molar-refractivity contribution < 1.29 is 9.50 Å². The molecule has 0 aliphatic carbocycles. The predicted octanol–water partition coefficient (Wildman–Crippen LogP) is 4.04. The molecule has 0 unspecified atom stereocenters. The van der Waals surface area contributed by atoms with Gasteiger partial charge in [-0.1, -0.05) is 60.7 Å². The van der Waals surface area contributed by atoms with Crippen LogP contribution in [0, 0.1) is 0 Å². The molecule has 2 rings (SSSR count). The Balaban J connectivity index is 2.19. The van der Waals surface area contributed by atoms with Crippen molar-refractivity contribution in [2.24, 2.45) is 0 Å². The Morgan fingerprint density at radius 1 is 1.00 bits per heavy atom. The zero-order chi connectivity index (χ0) is 13.7. The standard InChI is InChI=1S/C17H19FO/c1-17(19,16-10-6-3-7-11-16)12-15(13-18)14-8-4-2-5-9-14/h2-11,15,19H,12-13H2,1H3/t15-,17+/m1/s1. The number of aliphatic hydroxyl groups is 1. The number of alkyl halides is 1. The van der Waals surface area contributed by atoms with E-state index in [2.05, 4.69) is 0 Å². The molecule has 0 aromatic heterocycles. The molecule has 0 aliphatic heterocycles. The molecule has 0 fully saturated rings. The highest BCUT2D eigenvalue weighted by atomic mass is 19.1. The van der Waals surface area contributed by atoms with Gasteiger partial charge in [-0.25, -0.2) is 0 Å². The highest BCUT2D eigenvalue weighted by Crippen LogP contribution is 2.33. The summed E-state index contributed by atoms with van der Waals surface area (Å²) in [5.74, 6) is -0.281. The van der Waals surface area contributed by atoms with Gasteiger partial charge in [0.1, 0.15) is 0 Å². The fourth-order valence-corrected chi connectivity index (χ4v) is 2.38.